The van der Waals surface area contributed by atoms with E-state index in [0.29, 0.717) is 11.3 Å². The Kier molecular flexibility index (Phi) is 4.93. The van der Waals surface area contributed by atoms with Gasteiger partial charge in [0.2, 0.25) is 5.91 Å². The number of primary amides is 1. The number of hydrogen-bond acceptors (Lipinski definition) is 3. The van der Waals surface area contributed by atoms with Crippen LogP contribution in [0.2, 0.25) is 0 Å². The maximum Gasteiger partial charge on any atom is 0.234 e. The quantitative estimate of drug-likeness (QED) is 0.767. The summed E-state index contributed by atoms with van der Waals surface area (Å²) in [7, 11) is 0. The Bertz CT molecular complexity index is 221. The summed E-state index contributed by atoms with van der Waals surface area (Å²) in [6, 6.07) is 0.250. The molecule has 0 aromatic rings. The lowest BCUT2D eigenvalue weighted by atomic mass is 10.00. The first-order chi connectivity index (χ1) is 7.02. The number of carbonyl (C=O) groups is 1. The Morgan fingerprint density at radius 1 is 1.53 bits per heavy atom. The van der Waals surface area contributed by atoms with Crippen molar-refractivity contribution in [3.63, 3.8) is 0 Å². The van der Waals surface area contributed by atoms with E-state index in [0.717, 1.165) is 6.42 Å². The van der Waals surface area contributed by atoms with E-state index in [2.05, 4.69) is 12.2 Å². The monoisotopic (exact) mass is 230 g/mol. The molecule has 3 nitrogen and oxygen atoms in total. The van der Waals surface area contributed by atoms with Crippen LogP contribution in [0.3, 0.4) is 0 Å². The lowest BCUT2D eigenvalue weighted by molar-refractivity contribution is -0.121. The fourth-order valence-electron chi connectivity index (χ4n) is 1.98. The van der Waals surface area contributed by atoms with Crippen molar-refractivity contribution in [2.75, 3.05) is 5.75 Å². The van der Waals surface area contributed by atoms with E-state index < -0.39 is 0 Å². The summed E-state index contributed by atoms with van der Waals surface area (Å²) in [5.41, 5.74) is 5.39. The first kappa shape index (κ1) is 12.8. The normalized spacial score (nSPS) is 29.1. The van der Waals surface area contributed by atoms with Crippen LogP contribution in [-0.4, -0.2) is 29.0 Å². The van der Waals surface area contributed by atoms with Crippen molar-refractivity contribution in [1.82, 2.24) is 5.32 Å². The molecule has 0 spiro atoms. The van der Waals surface area contributed by atoms with Gasteiger partial charge in [0.05, 0.1) is 6.04 Å². The topological polar surface area (TPSA) is 55.1 Å². The molecule has 3 unspecified atom stereocenters. The molecule has 1 amide bonds. The van der Waals surface area contributed by atoms with Crippen molar-refractivity contribution in [2.24, 2.45) is 11.7 Å². The molecule has 0 saturated carbocycles. The standard InChI is InChI=1S/C11H22N2OS/c1-7(2)10(11(12)14)13-9-5-4-6-15-8(9)3/h7-10,13H,4-6H2,1-3H3,(H2,12,14). The second-order valence-corrected chi connectivity index (χ2v) is 6.10. The van der Waals surface area contributed by atoms with Crippen LogP contribution in [-0.2, 0) is 4.79 Å². The van der Waals surface area contributed by atoms with E-state index in [1.807, 2.05) is 25.6 Å². The van der Waals surface area contributed by atoms with Crippen LogP contribution in [0, 0.1) is 5.92 Å². The highest BCUT2D eigenvalue weighted by atomic mass is 32.2. The summed E-state index contributed by atoms with van der Waals surface area (Å²) in [6.45, 7) is 6.28. The van der Waals surface area contributed by atoms with Crippen LogP contribution >= 0.6 is 11.8 Å². The Morgan fingerprint density at radius 3 is 2.67 bits per heavy atom. The molecule has 4 heteroatoms. The molecular formula is C11H22N2OS. The third-order valence-electron chi connectivity index (χ3n) is 2.97. The van der Waals surface area contributed by atoms with Crippen LogP contribution in [0.1, 0.15) is 33.6 Å². The number of rotatable bonds is 4. The van der Waals surface area contributed by atoms with Gasteiger partial charge >= 0.3 is 0 Å². The number of carbonyl (C=O) groups excluding carboxylic acids is 1. The molecule has 1 fully saturated rings. The molecule has 0 aromatic heterocycles. The molecule has 88 valence electrons. The molecule has 0 aromatic carbocycles. The lowest BCUT2D eigenvalue weighted by Gasteiger charge is -2.33. The Labute approximate surface area is 96.6 Å². The van der Waals surface area contributed by atoms with Crippen molar-refractivity contribution in [3.05, 3.63) is 0 Å². The Hall–Kier alpha value is -0.220. The smallest absolute Gasteiger partial charge is 0.234 e. The minimum atomic E-state index is -0.229. The SMILES string of the molecule is CC(C)C(NC1CCCSC1C)C(N)=O. The van der Waals surface area contributed by atoms with Crippen LogP contribution in [0.5, 0.6) is 0 Å². The van der Waals surface area contributed by atoms with Gasteiger partial charge in [0.15, 0.2) is 0 Å². The first-order valence-corrected chi connectivity index (χ1v) is 6.74. The molecule has 1 rings (SSSR count). The second-order valence-electron chi connectivity index (χ2n) is 4.62. The van der Waals surface area contributed by atoms with Crippen LogP contribution < -0.4 is 11.1 Å². The minimum absolute atomic E-state index is 0.184. The maximum absolute atomic E-state index is 11.3. The average molecular weight is 230 g/mol. The number of nitrogens with two attached hydrogens (primary N) is 1. The Balaban J connectivity index is 2.52. The van der Waals surface area contributed by atoms with E-state index >= 15 is 0 Å². The van der Waals surface area contributed by atoms with Gasteiger partial charge in [-0.15, -0.1) is 0 Å². The summed E-state index contributed by atoms with van der Waals surface area (Å²) >= 11 is 1.98. The molecule has 3 N–H and O–H groups in total. The summed E-state index contributed by atoms with van der Waals surface area (Å²) in [6.07, 6.45) is 2.39. The number of thioether (sulfide) groups is 1. The highest BCUT2D eigenvalue weighted by molar-refractivity contribution is 7.99. The highest BCUT2D eigenvalue weighted by Gasteiger charge is 2.27. The zero-order valence-corrected chi connectivity index (χ0v) is 10.6. The van der Waals surface area contributed by atoms with Gasteiger partial charge in [0.1, 0.15) is 0 Å². The Morgan fingerprint density at radius 2 is 2.20 bits per heavy atom. The van der Waals surface area contributed by atoms with Crippen LogP contribution in [0.25, 0.3) is 0 Å². The fraction of sp³-hybridized carbons (Fsp3) is 0.909. The predicted octanol–water partition coefficient (Wildman–Crippen LogP) is 1.37. The van der Waals surface area contributed by atoms with Crippen LogP contribution in [0.15, 0.2) is 0 Å². The van der Waals surface area contributed by atoms with Gasteiger partial charge in [0.25, 0.3) is 0 Å². The van der Waals surface area contributed by atoms with Gasteiger partial charge in [-0.3, -0.25) is 4.79 Å². The van der Waals surface area contributed by atoms with Crippen molar-refractivity contribution in [1.29, 1.82) is 0 Å². The molecule has 0 aliphatic carbocycles. The summed E-state index contributed by atoms with van der Waals surface area (Å²) in [4.78, 5) is 11.3. The molecule has 15 heavy (non-hydrogen) atoms. The number of nitrogens with one attached hydrogen (secondary N) is 1. The zero-order chi connectivity index (χ0) is 11.4. The van der Waals surface area contributed by atoms with Crippen molar-refractivity contribution in [2.45, 2.75) is 50.9 Å². The van der Waals surface area contributed by atoms with Crippen molar-refractivity contribution in [3.8, 4) is 0 Å². The number of hydrogen-bond donors (Lipinski definition) is 2. The minimum Gasteiger partial charge on any atom is -0.368 e. The molecule has 0 radical (unpaired) electrons. The van der Waals surface area contributed by atoms with E-state index in [1.165, 1.54) is 12.2 Å². The third kappa shape index (κ3) is 3.68. The molecule has 3 atom stereocenters. The summed E-state index contributed by atoms with van der Waals surface area (Å²) < 4.78 is 0. The van der Waals surface area contributed by atoms with E-state index in [1.54, 1.807) is 0 Å². The van der Waals surface area contributed by atoms with Gasteiger partial charge in [-0.1, -0.05) is 20.8 Å². The van der Waals surface area contributed by atoms with Gasteiger partial charge in [-0.25, -0.2) is 0 Å². The van der Waals surface area contributed by atoms with Gasteiger partial charge in [-0.05, 0) is 24.5 Å². The predicted molar refractivity (Wildman–Crippen MR) is 65.9 cm³/mol. The fourth-order valence-corrected chi connectivity index (χ4v) is 3.13. The summed E-state index contributed by atoms with van der Waals surface area (Å²) in [5, 5.41) is 3.99. The van der Waals surface area contributed by atoms with Gasteiger partial charge < -0.3 is 11.1 Å². The zero-order valence-electron chi connectivity index (χ0n) is 9.82. The van der Waals surface area contributed by atoms with Gasteiger partial charge in [0, 0.05) is 11.3 Å². The largest absolute Gasteiger partial charge is 0.368 e. The van der Waals surface area contributed by atoms with E-state index in [9.17, 15) is 4.79 Å². The number of amides is 1. The van der Waals surface area contributed by atoms with Crippen molar-refractivity contribution >= 4 is 17.7 Å². The molecule has 0 bridgehead atoms. The first-order valence-electron chi connectivity index (χ1n) is 5.69. The average Bonchev–Trinajstić information content (AvgIpc) is 2.15. The third-order valence-corrected chi connectivity index (χ3v) is 4.35. The molecule has 1 heterocycles. The molecule has 1 saturated heterocycles. The highest BCUT2D eigenvalue weighted by Crippen LogP contribution is 2.25. The second kappa shape index (κ2) is 5.75. The van der Waals surface area contributed by atoms with Crippen LogP contribution in [0.4, 0.5) is 0 Å². The maximum atomic E-state index is 11.3. The molecular weight excluding hydrogens is 208 g/mol. The molecule has 1 aliphatic rings. The lowest BCUT2D eigenvalue weighted by Crippen LogP contribution is -2.52. The van der Waals surface area contributed by atoms with E-state index in [-0.39, 0.29) is 17.9 Å². The van der Waals surface area contributed by atoms with E-state index in [4.69, 9.17) is 5.73 Å². The molecule has 1 aliphatic heterocycles. The van der Waals surface area contributed by atoms with Crippen molar-refractivity contribution < 1.29 is 4.79 Å². The van der Waals surface area contributed by atoms with Gasteiger partial charge in [-0.2, -0.15) is 11.8 Å². The summed E-state index contributed by atoms with van der Waals surface area (Å²) in [5.74, 6) is 1.27.